The van der Waals surface area contributed by atoms with E-state index in [0.717, 1.165) is 23.7 Å². The Hall–Kier alpha value is -1.25. The van der Waals surface area contributed by atoms with Gasteiger partial charge in [-0.15, -0.1) is 0 Å². The van der Waals surface area contributed by atoms with Gasteiger partial charge >= 0.3 is 15.2 Å². The molecule has 0 aliphatic heterocycles. The topological polar surface area (TPSA) is 162 Å². The van der Waals surface area contributed by atoms with Gasteiger partial charge in [0, 0.05) is 6.07 Å². The van der Waals surface area contributed by atoms with Crippen LogP contribution in [-0.4, -0.2) is 45.9 Å². The molecule has 0 saturated carbocycles. The lowest BCUT2D eigenvalue weighted by Gasteiger charge is -2.29. The summed E-state index contributed by atoms with van der Waals surface area (Å²) < 4.78 is 30.0. The zero-order valence-electron chi connectivity index (χ0n) is 17.6. The maximum Gasteiger partial charge on any atom is 0.371 e. The molecule has 0 bridgehead atoms. The molecule has 0 saturated heterocycles. The van der Waals surface area contributed by atoms with E-state index in [9.17, 15) is 33.8 Å². The van der Waals surface area contributed by atoms with Gasteiger partial charge < -0.3 is 34.0 Å². The number of fused-ring (bicyclic) bond motifs is 1. The highest BCUT2D eigenvalue weighted by molar-refractivity contribution is 7.72. The van der Waals surface area contributed by atoms with Crippen LogP contribution in [0.15, 0.2) is 24.5 Å². The largest absolute Gasteiger partial charge is 0.494 e. The Morgan fingerprint density at radius 1 is 0.968 bits per heavy atom. The first-order chi connectivity index (χ1) is 14.5. The van der Waals surface area contributed by atoms with Gasteiger partial charge in [-0.3, -0.25) is 9.13 Å². The minimum atomic E-state index is -5.55. The van der Waals surface area contributed by atoms with Crippen LogP contribution in [0.1, 0.15) is 58.3 Å². The van der Waals surface area contributed by atoms with Crippen molar-refractivity contribution in [3.8, 4) is 5.75 Å². The molecule has 12 heteroatoms. The fraction of sp³-hybridized carbons (Fsp3) is 0.632. The number of benzene rings is 1. The van der Waals surface area contributed by atoms with Crippen molar-refractivity contribution in [3.63, 3.8) is 0 Å². The van der Waals surface area contributed by atoms with E-state index in [2.05, 4.69) is 11.9 Å². The Morgan fingerprint density at radius 2 is 1.55 bits per heavy atom. The summed E-state index contributed by atoms with van der Waals surface area (Å²) in [5, 5.41) is 6.58. The third-order valence-electron chi connectivity index (χ3n) is 5.17. The van der Waals surface area contributed by atoms with Gasteiger partial charge in [-0.25, -0.2) is 4.98 Å². The van der Waals surface area contributed by atoms with Crippen molar-refractivity contribution in [2.24, 2.45) is 0 Å². The average Bonchev–Trinajstić information content (AvgIpc) is 3.07. The summed E-state index contributed by atoms with van der Waals surface area (Å²) in [6, 6.07) is 4.83. The molecule has 1 aromatic heterocycles. The van der Waals surface area contributed by atoms with Gasteiger partial charge in [0.2, 0.25) is 0 Å². The summed E-state index contributed by atoms with van der Waals surface area (Å²) >= 11 is 0. The Morgan fingerprint density at radius 3 is 2.13 bits per heavy atom. The summed E-state index contributed by atoms with van der Waals surface area (Å²) in [5.41, 5.74) is 0.756. The molecule has 1 heterocycles. The SMILES string of the molecule is CCCCCCCCCCOc1ccc2c(c1)ncn2CC(O)(P(=O)(O)O)P(=O)(O)O. The smallest absolute Gasteiger partial charge is 0.371 e. The second-order valence-electron chi connectivity index (χ2n) is 7.71. The normalized spacial score (nSPS) is 13.1. The zero-order valence-corrected chi connectivity index (χ0v) is 19.4. The van der Waals surface area contributed by atoms with Gasteiger partial charge in [0.25, 0.3) is 5.08 Å². The van der Waals surface area contributed by atoms with E-state index in [1.165, 1.54) is 38.5 Å². The first-order valence-electron chi connectivity index (χ1n) is 10.4. The van der Waals surface area contributed by atoms with Crippen molar-refractivity contribution in [1.29, 1.82) is 0 Å². The molecular formula is C19H32N2O8P2. The number of imidazole rings is 1. The second-order valence-corrected chi connectivity index (χ2v) is 11.7. The van der Waals surface area contributed by atoms with Crippen LogP contribution in [0, 0.1) is 0 Å². The van der Waals surface area contributed by atoms with E-state index < -0.39 is 26.8 Å². The first kappa shape index (κ1) is 26.0. The number of hydrogen-bond acceptors (Lipinski definition) is 5. The van der Waals surface area contributed by atoms with E-state index in [1.807, 2.05) is 0 Å². The van der Waals surface area contributed by atoms with Crippen molar-refractivity contribution in [3.05, 3.63) is 24.5 Å². The van der Waals surface area contributed by atoms with E-state index in [1.54, 1.807) is 18.2 Å². The highest BCUT2D eigenvalue weighted by Gasteiger charge is 2.59. The van der Waals surface area contributed by atoms with Crippen LogP contribution < -0.4 is 4.74 Å². The van der Waals surface area contributed by atoms with E-state index in [-0.39, 0.29) is 0 Å². The fourth-order valence-electron chi connectivity index (χ4n) is 3.27. The lowest BCUT2D eigenvalue weighted by Crippen LogP contribution is -2.33. The van der Waals surface area contributed by atoms with Crippen LogP contribution in [0.25, 0.3) is 11.0 Å². The summed E-state index contributed by atoms with van der Waals surface area (Å²) in [6.07, 6.45) is 10.7. The molecule has 1 aromatic carbocycles. The van der Waals surface area contributed by atoms with Gasteiger partial charge in [-0.05, 0) is 18.6 Å². The van der Waals surface area contributed by atoms with Gasteiger partial charge in [0.15, 0.2) is 0 Å². The van der Waals surface area contributed by atoms with Crippen molar-refractivity contribution in [2.45, 2.75) is 69.9 Å². The molecule has 2 rings (SSSR count). The molecule has 0 aliphatic carbocycles. The van der Waals surface area contributed by atoms with Crippen molar-refractivity contribution in [1.82, 2.24) is 9.55 Å². The number of nitrogens with zero attached hydrogens (tertiary/aromatic N) is 2. The Bertz CT molecular complexity index is 914. The predicted molar refractivity (Wildman–Crippen MR) is 117 cm³/mol. The molecule has 0 atom stereocenters. The van der Waals surface area contributed by atoms with Crippen molar-refractivity contribution >= 4 is 26.2 Å². The Labute approximate surface area is 181 Å². The fourth-order valence-corrected chi connectivity index (χ4v) is 5.30. The molecule has 176 valence electrons. The van der Waals surface area contributed by atoms with Crippen molar-refractivity contribution < 1.29 is 38.5 Å². The molecule has 0 fully saturated rings. The Balaban J connectivity index is 1.95. The van der Waals surface area contributed by atoms with Crippen LogP contribution in [0.3, 0.4) is 0 Å². The summed E-state index contributed by atoms with van der Waals surface area (Å²) in [6.45, 7) is 1.73. The van der Waals surface area contributed by atoms with E-state index >= 15 is 0 Å². The molecule has 0 spiro atoms. The Kier molecular flexibility index (Phi) is 9.27. The lowest BCUT2D eigenvalue weighted by atomic mass is 10.1. The maximum absolute atomic E-state index is 11.6. The van der Waals surface area contributed by atoms with Crippen LogP contribution in [0.2, 0.25) is 0 Å². The third-order valence-corrected chi connectivity index (χ3v) is 8.89. The number of hydrogen-bond donors (Lipinski definition) is 5. The maximum atomic E-state index is 11.6. The molecular weight excluding hydrogens is 446 g/mol. The number of unbranched alkanes of at least 4 members (excludes halogenated alkanes) is 7. The molecule has 0 amide bonds. The zero-order chi connectivity index (χ0) is 23.1. The van der Waals surface area contributed by atoms with Crippen molar-refractivity contribution in [2.75, 3.05) is 6.61 Å². The highest BCUT2D eigenvalue weighted by Crippen LogP contribution is 2.68. The molecule has 31 heavy (non-hydrogen) atoms. The number of rotatable bonds is 14. The quantitative estimate of drug-likeness (QED) is 0.202. The van der Waals surface area contributed by atoms with Gasteiger partial charge in [0.05, 0.1) is 30.5 Å². The molecule has 10 nitrogen and oxygen atoms in total. The predicted octanol–water partition coefficient (Wildman–Crippen LogP) is 3.56. The van der Waals surface area contributed by atoms with Crippen LogP contribution in [-0.2, 0) is 15.7 Å². The standard InChI is InChI=1S/C19H32N2O8P2/c1-2-3-4-5-6-7-8-9-12-29-16-10-11-18-17(13-16)20-15-21(18)14-19(22,30(23,24)25)31(26,27)28/h10-11,13,15,22H,2-9,12,14H2,1H3,(H2,23,24,25)(H2,26,27,28). The van der Waals surface area contributed by atoms with Crippen LogP contribution in [0.5, 0.6) is 5.75 Å². The van der Waals surface area contributed by atoms with Crippen LogP contribution >= 0.6 is 15.2 Å². The highest BCUT2D eigenvalue weighted by atomic mass is 31.2. The number of aromatic nitrogens is 2. The molecule has 2 aromatic rings. The van der Waals surface area contributed by atoms with Crippen LogP contribution in [0.4, 0.5) is 0 Å². The molecule has 0 unspecified atom stereocenters. The average molecular weight is 478 g/mol. The summed E-state index contributed by atoms with van der Waals surface area (Å²) in [7, 11) is -11.1. The minimum Gasteiger partial charge on any atom is -0.494 e. The van der Waals surface area contributed by atoms with E-state index in [0.29, 0.717) is 23.4 Å². The lowest BCUT2D eigenvalue weighted by molar-refractivity contribution is 0.116. The van der Waals surface area contributed by atoms with E-state index in [4.69, 9.17) is 4.74 Å². The van der Waals surface area contributed by atoms with Gasteiger partial charge in [-0.2, -0.15) is 0 Å². The minimum absolute atomic E-state index is 0.347. The summed E-state index contributed by atoms with van der Waals surface area (Å²) in [5.74, 6) is 0.570. The number of aliphatic hydroxyl groups is 1. The number of ether oxygens (including phenoxy) is 1. The van der Waals surface area contributed by atoms with Gasteiger partial charge in [-0.1, -0.05) is 51.9 Å². The first-order valence-corrected chi connectivity index (χ1v) is 13.6. The summed E-state index contributed by atoms with van der Waals surface area (Å²) in [4.78, 5) is 41.3. The second kappa shape index (κ2) is 11.1. The molecule has 0 radical (unpaired) electrons. The third kappa shape index (κ3) is 6.86. The molecule has 5 N–H and O–H groups in total. The van der Waals surface area contributed by atoms with Gasteiger partial charge in [0.1, 0.15) is 5.75 Å². The monoisotopic (exact) mass is 478 g/mol. The molecule has 0 aliphatic rings.